The number of amides is 3. The van der Waals surface area contributed by atoms with Gasteiger partial charge in [0.25, 0.3) is 0 Å². The molecule has 0 aromatic heterocycles. The number of benzene rings is 1. The van der Waals surface area contributed by atoms with Crippen LogP contribution in [0.5, 0.6) is 5.75 Å². The molecule has 156 valence electrons. The maximum absolute atomic E-state index is 12.9. The van der Waals surface area contributed by atoms with Crippen LogP contribution in [0.3, 0.4) is 0 Å². The molecule has 2 aliphatic heterocycles. The molecular formula is C21H27N3O5. The molecule has 2 heterocycles. The Morgan fingerprint density at radius 3 is 2.59 bits per heavy atom. The van der Waals surface area contributed by atoms with E-state index >= 15 is 0 Å². The molecule has 3 amide bonds. The number of rotatable bonds is 5. The second-order valence-electron chi connectivity index (χ2n) is 8.01. The zero-order chi connectivity index (χ0) is 20.5. The number of methoxy groups -OCH3 is 2. The summed E-state index contributed by atoms with van der Waals surface area (Å²) in [7, 11) is 3.20. The van der Waals surface area contributed by atoms with E-state index in [4.69, 9.17) is 9.47 Å². The van der Waals surface area contributed by atoms with Crippen molar-refractivity contribution in [1.29, 1.82) is 0 Å². The van der Waals surface area contributed by atoms with Crippen molar-refractivity contribution in [2.45, 2.75) is 24.9 Å². The van der Waals surface area contributed by atoms with Gasteiger partial charge in [-0.1, -0.05) is 12.1 Å². The summed E-state index contributed by atoms with van der Waals surface area (Å²) >= 11 is 0. The van der Waals surface area contributed by atoms with Gasteiger partial charge < -0.3 is 14.4 Å². The lowest BCUT2D eigenvalue weighted by molar-refractivity contribution is -0.142. The Kier molecular flexibility index (Phi) is 5.56. The first-order valence-corrected chi connectivity index (χ1v) is 10.0. The summed E-state index contributed by atoms with van der Waals surface area (Å²) in [6.07, 6.45) is 0.807. The molecule has 0 radical (unpaired) electrons. The van der Waals surface area contributed by atoms with E-state index in [1.807, 2.05) is 24.3 Å². The van der Waals surface area contributed by atoms with Gasteiger partial charge in [-0.05, 0) is 36.0 Å². The minimum absolute atomic E-state index is 0.0614. The number of piperidine rings is 1. The first-order chi connectivity index (χ1) is 14.0. The molecule has 4 rings (SSSR count). The zero-order valence-corrected chi connectivity index (χ0v) is 16.7. The van der Waals surface area contributed by atoms with E-state index in [0.717, 1.165) is 17.7 Å². The number of urea groups is 1. The van der Waals surface area contributed by atoms with Gasteiger partial charge in [-0.3, -0.25) is 20.2 Å². The number of ether oxygens (including phenoxy) is 2. The Bertz CT molecular complexity index is 796. The van der Waals surface area contributed by atoms with Gasteiger partial charge in [0, 0.05) is 32.5 Å². The lowest BCUT2D eigenvalue weighted by Gasteiger charge is -2.51. The molecule has 1 saturated carbocycles. The van der Waals surface area contributed by atoms with Crippen LogP contribution in [0, 0.1) is 17.8 Å². The Hall–Kier alpha value is -2.45. The smallest absolute Gasteiger partial charge is 0.325 e. The fourth-order valence-electron chi connectivity index (χ4n) is 5.07. The maximum Gasteiger partial charge on any atom is 0.325 e. The van der Waals surface area contributed by atoms with E-state index in [-0.39, 0.29) is 29.4 Å². The highest BCUT2D eigenvalue weighted by Crippen LogP contribution is 2.45. The van der Waals surface area contributed by atoms with Crippen LogP contribution in [-0.2, 0) is 14.3 Å². The van der Waals surface area contributed by atoms with Crippen LogP contribution >= 0.6 is 0 Å². The van der Waals surface area contributed by atoms with Crippen molar-refractivity contribution in [3.05, 3.63) is 29.8 Å². The fourth-order valence-corrected chi connectivity index (χ4v) is 5.07. The highest BCUT2D eigenvalue weighted by atomic mass is 16.5. The number of fused-ring (bicyclic) bond motifs is 3. The van der Waals surface area contributed by atoms with E-state index in [0.29, 0.717) is 26.1 Å². The number of nitrogens with one attached hydrogen (secondary N) is 2. The average molecular weight is 401 g/mol. The number of hydrogen-bond donors (Lipinski definition) is 2. The molecule has 0 bridgehead atoms. The predicted octanol–water partition coefficient (Wildman–Crippen LogP) is 1.12. The van der Waals surface area contributed by atoms with Crippen molar-refractivity contribution >= 4 is 17.7 Å². The quantitative estimate of drug-likeness (QED) is 0.768. The molecule has 1 aromatic carbocycles. The van der Waals surface area contributed by atoms with Crippen molar-refractivity contribution in [2.75, 3.05) is 33.9 Å². The van der Waals surface area contributed by atoms with Crippen molar-refractivity contribution < 1.29 is 23.9 Å². The monoisotopic (exact) mass is 401 g/mol. The number of nitrogens with zero attached hydrogens (tertiary/aromatic N) is 1. The zero-order valence-electron chi connectivity index (χ0n) is 16.7. The number of imide groups is 1. The van der Waals surface area contributed by atoms with Gasteiger partial charge in [0.2, 0.25) is 5.91 Å². The Labute approximate surface area is 169 Å². The maximum atomic E-state index is 12.9. The van der Waals surface area contributed by atoms with Crippen LogP contribution in [0.15, 0.2) is 24.3 Å². The summed E-state index contributed by atoms with van der Waals surface area (Å²) < 4.78 is 10.3. The number of carbonyl (C=O) groups excluding carboxylic acids is 3. The summed E-state index contributed by atoms with van der Waals surface area (Å²) in [4.78, 5) is 39.7. The van der Waals surface area contributed by atoms with Gasteiger partial charge in [-0.15, -0.1) is 0 Å². The molecule has 29 heavy (non-hydrogen) atoms. The van der Waals surface area contributed by atoms with Gasteiger partial charge in [0.1, 0.15) is 11.5 Å². The molecule has 5 unspecified atom stereocenters. The molecule has 1 aliphatic carbocycles. The highest BCUT2D eigenvalue weighted by Gasteiger charge is 2.53. The van der Waals surface area contributed by atoms with Crippen LogP contribution in [0.4, 0.5) is 4.79 Å². The summed E-state index contributed by atoms with van der Waals surface area (Å²) in [5.74, 6) is -0.0314. The summed E-state index contributed by atoms with van der Waals surface area (Å²) in [5.41, 5.74) is 1.08. The predicted molar refractivity (Wildman–Crippen MR) is 104 cm³/mol. The highest BCUT2D eigenvalue weighted by molar-refractivity contribution is 5.99. The molecule has 1 aromatic rings. The molecule has 3 aliphatic rings. The third-order valence-corrected chi connectivity index (χ3v) is 6.54. The molecule has 8 nitrogen and oxygen atoms in total. The summed E-state index contributed by atoms with van der Waals surface area (Å²) in [6, 6.07) is 7.37. The average Bonchev–Trinajstić information content (AvgIpc) is 2.73. The standard InChI is InChI=1S/C21H27N3O5/c1-28-8-7-24-19-18(20(26)23-21(24)27)15-9-13(10-17(25)16(15)11-22-19)12-3-5-14(29-2)6-4-12/h3-6,13,15-16,18-19,22H,7-11H2,1-2H3,(H,23,26,27). The first kappa shape index (κ1) is 19.8. The van der Waals surface area contributed by atoms with Gasteiger partial charge >= 0.3 is 6.03 Å². The van der Waals surface area contributed by atoms with E-state index < -0.39 is 18.1 Å². The first-order valence-electron chi connectivity index (χ1n) is 10.0. The SMILES string of the molecule is COCCN1C(=O)NC(=O)C2C3CC(c4ccc(OC)cc4)CC(=O)C3CNC21. The van der Waals surface area contributed by atoms with E-state index in [1.165, 1.54) is 0 Å². The topological polar surface area (TPSA) is 97.0 Å². The lowest BCUT2D eigenvalue weighted by Crippen LogP contribution is -2.71. The largest absolute Gasteiger partial charge is 0.497 e. The van der Waals surface area contributed by atoms with Gasteiger partial charge in [-0.2, -0.15) is 0 Å². The number of Topliss-reactive ketones (excluding diaryl/α,β-unsaturated/α-hetero) is 1. The van der Waals surface area contributed by atoms with Crippen molar-refractivity contribution in [1.82, 2.24) is 15.5 Å². The third kappa shape index (κ3) is 3.62. The molecule has 0 spiro atoms. The van der Waals surface area contributed by atoms with Crippen LogP contribution in [-0.4, -0.2) is 62.7 Å². The molecule has 3 fully saturated rings. The van der Waals surface area contributed by atoms with Gasteiger partial charge in [0.15, 0.2) is 0 Å². The molecule has 5 atom stereocenters. The molecule has 2 saturated heterocycles. The van der Waals surface area contributed by atoms with Crippen molar-refractivity contribution in [3.8, 4) is 5.75 Å². The van der Waals surface area contributed by atoms with Crippen LogP contribution in [0.2, 0.25) is 0 Å². The fraction of sp³-hybridized carbons (Fsp3) is 0.571. The summed E-state index contributed by atoms with van der Waals surface area (Å²) in [5, 5.41) is 5.77. The minimum atomic E-state index is -0.451. The van der Waals surface area contributed by atoms with Crippen LogP contribution in [0.25, 0.3) is 0 Å². The third-order valence-electron chi connectivity index (χ3n) is 6.54. The van der Waals surface area contributed by atoms with E-state index in [1.54, 1.807) is 19.1 Å². The van der Waals surface area contributed by atoms with Gasteiger partial charge in [-0.25, -0.2) is 4.79 Å². The second kappa shape index (κ2) is 8.12. The number of ketones is 1. The minimum Gasteiger partial charge on any atom is -0.497 e. The van der Waals surface area contributed by atoms with Gasteiger partial charge in [0.05, 0.1) is 25.8 Å². The van der Waals surface area contributed by atoms with E-state index in [9.17, 15) is 14.4 Å². The number of carbonyl (C=O) groups is 3. The Morgan fingerprint density at radius 1 is 1.14 bits per heavy atom. The van der Waals surface area contributed by atoms with Crippen LogP contribution in [0.1, 0.15) is 24.3 Å². The normalized spacial score (nSPS) is 31.7. The lowest BCUT2D eigenvalue weighted by atomic mass is 9.63. The molecule has 8 heteroatoms. The molecule has 2 N–H and O–H groups in total. The Balaban J connectivity index is 1.59. The molecular weight excluding hydrogens is 374 g/mol. The summed E-state index contributed by atoms with van der Waals surface area (Å²) in [6.45, 7) is 1.26. The van der Waals surface area contributed by atoms with Crippen molar-refractivity contribution in [2.24, 2.45) is 17.8 Å². The van der Waals surface area contributed by atoms with E-state index in [2.05, 4.69) is 10.6 Å². The van der Waals surface area contributed by atoms with Crippen LogP contribution < -0.4 is 15.4 Å². The number of hydrogen-bond acceptors (Lipinski definition) is 6. The van der Waals surface area contributed by atoms with Crippen molar-refractivity contribution in [3.63, 3.8) is 0 Å². The second-order valence-corrected chi connectivity index (χ2v) is 8.01. The Morgan fingerprint density at radius 2 is 1.90 bits per heavy atom.